The van der Waals surface area contributed by atoms with Crippen LogP contribution < -0.4 is 10.1 Å². The van der Waals surface area contributed by atoms with Crippen LogP contribution in [-0.2, 0) is 22.4 Å². The highest BCUT2D eigenvalue weighted by Crippen LogP contribution is 2.32. The molecule has 0 radical (unpaired) electrons. The summed E-state index contributed by atoms with van der Waals surface area (Å²) in [5, 5.41) is 14.0. The molecular weight excluding hydrogens is 538 g/mol. The van der Waals surface area contributed by atoms with Crippen LogP contribution >= 0.6 is 0 Å². The molecule has 0 aliphatic carbocycles. The summed E-state index contributed by atoms with van der Waals surface area (Å²) >= 11 is 0. The minimum atomic E-state index is -1.05. The number of carbonyl (C=O) groups is 3. The summed E-state index contributed by atoms with van der Waals surface area (Å²) in [5.41, 5.74) is 2.07. The average molecular weight is 580 g/mol. The van der Waals surface area contributed by atoms with Crippen LogP contribution in [0.25, 0.3) is 0 Å². The Morgan fingerprint density at radius 2 is 1.76 bits per heavy atom. The minimum absolute atomic E-state index is 0.0725. The van der Waals surface area contributed by atoms with Crippen molar-refractivity contribution < 1.29 is 33.7 Å². The van der Waals surface area contributed by atoms with E-state index in [0.717, 1.165) is 24.0 Å². The molecule has 0 spiro atoms. The molecule has 5 rings (SSSR count). The highest BCUT2D eigenvalue weighted by atomic mass is 16.6. The molecule has 3 aliphatic rings. The van der Waals surface area contributed by atoms with Crippen LogP contribution in [-0.4, -0.2) is 89.0 Å². The summed E-state index contributed by atoms with van der Waals surface area (Å²) < 4.78 is 17.0. The predicted octanol–water partition coefficient (Wildman–Crippen LogP) is 3.54. The summed E-state index contributed by atoms with van der Waals surface area (Å²) in [6.07, 6.45) is 0.713. The number of aliphatic hydroxyl groups excluding tert-OH is 1. The summed E-state index contributed by atoms with van der Waals surface area (Å²) in [6, 6.07) is 12.2. The number of ether oxygens (including phenoxy) is 3. The molecule has 3 heterocycles. The Kier molecular flexibility index (Phi) is 8.75. The van der Waals surface area contributed by atoms with Crippen LogP contribution in [0.5, 0.6) is 5.75 Å². The minimum Gasteiger partial charge on any atom is -0.493 e. The molecule has 4 atom stereocenters. The van der Waals surface area contributed by atoms with Gasteiger partial charge >= 0.3 is 6.09 Å². The Morgan fingerprint density at radius 3 is 2.43 bits per heavy atom. The lowest BCUT2D eigenvalue weighted by Crippen LogP contribution is -2.54. The fourth-order valence-corrected chi connectivity index (χ4v) is 6.07. The predicted molar refractivity (Wildman–Crippen MR) is 155 cm³/mol. The molecule has 2 fully saturated rings. The van der Waals surface area contributed by atoms with Gasteiger partial charge in [-0.25, -0.2) is 4.79 Å². The molecule has 2 aromatic carbocycles. The monoisotopic (exact) mass is 579 g/mol. The second-order valence-electron chi connectivity index (χ2n) is 12.2. The maximum atomic E-state index is 13.4. The van der Waals surface area contributed by atoms with Gasteiger partial charge in [-0.2, -0.15) is 0 Å². The van der Waals surface area contributed by atoms with Crippen LogP contribution in [0.4, 0.5) is 4.79 Å². The quantitative estimate of drug-likeness (QED) is 0.515. The number of rotatable bonds is 7. The maximum absolute atomic E-state index is 13.4. The number of fused-ring (bicyclic) bond motifs is 3. The van der Waals surface area contributed by atoms with Gasteiger partial charge in [-0.05, 0) is 76.3 Å². The Labute approximate surface area is 246 Å². The van der Waals surface area contributed by atoms with Crippen molar-refractivity contribution >= 4 is 17.9 Å². The lowest BCUT2D eigenvalue weighted by atomic mass is 9.91. The van der Waals surface area contributed by atoms with Crippen molar-refractivity contribution in [2.45, 2.75) is 83.3 Å². The van der Waals surface area contributed by atoms with Crippen LogP contribution in [0.15, 0.2) is 42.5 Å². The molecule has 3 amide bonds. The number of hydrogen-bond donors (Lipinski definition) is 2. The van der Waals surface area contributed by atoms with Crippen molar-refractivity contribution in [2.75, 3.05) is 26.4 Å². The van der Waals surface area contributed by atoms with Gasteiger partial charge in [-0.1, -0.05) is 24.3 Å². The molecular formula is C32H41N3O7. The zero-order valence-electron chi connectivity index (χ0n) is 24.8. The van der Waals surface area contributed by atoms with E-state index in [1.54, 1.807) is 39.0 Å². The van der Waals surface area contributed by atoms with Crippen LogP contribution in [0.3, 0.4) is 0 Å². The summed E-state index contributed by atoms with van der Waals surface area (Å²) in [6.45, 7) is 8.83. The van der Waals surface area contributed by atoms with Crippen molar-refractivity contribution in [3.05, 3.63) is 64.7 Å². The Bertz CT molecular complexity index is 1310. The number of morpholine rings is 1. The fraction of sp³-hybridized carbons (Fsp3) is 0.531. The number of nitrogens with one attached hydrogen (secondary N) is 1. The molecule has 0 saturated carbocycles. The second-order valence-corrected chi connectivity index (χ2v) is 12.2. The van der Waals surface area contributed by atoms with E-state index in [1.807, 2.05) is 36.1 Å². The lowest BCUT2D eigenvalue weighted by Gasteiger charge is -2.40. The topological polar surface area (TPSA) is 118 Å². The maximum Gasteiger partial charge on any atom is 0.410 e. The first-order valence-electron chi connectivity index (χ1n) is 14.8. The zero-order valence-corrected chi connectivity index (χ0v) is 24.8. The molecule has 10 nitrogen and oxygen atoms in total. The third kappa shape index (κ3) is 6.39. The molecule has 10 heteroatoms. The second kappa shape index (κ2) is 12.3. The summed E-state index contributed by atoms with van der Waals surface area (Å²) in [4.78, 5) is 43.2. The Morgan fingerprint density at radius 1 is 1.07 bits per heavy atom. The van der Waals surface area contributed by atoms with Crippen molar-refractivity contribution in [1.29, 1.82) is 0 Å². The number of amides is 3. The number of aliphatic hydroxyl groups is 1. The number of nitrogens with zero attached hydrogens (tertiary/aromatic N) is 2. The SMILES string of the molecule is CCOc1cc(C(=O)N2C3CCC2COC3)ccc1C(=O)NCC(O)[C@H]1Cc2ccccc2CN1C(=O)OC(C)(C)C. The van der Waals surface area contributed by atoms with Gasteiger partial charge in [0.15, 0.2) is 0 Å². The first kappa shape index (κ1) is 29.8. The van der Waals surface area contributed by atoms with E-state index in [4.69, 9.17) is 14.2 Å². The number of benzene rings is 2. The molecule has 226 valence electrons. The molecule has 0 aromatic heterocycles. The largest absolute Gasteiger partial charge is 0.493 e. The summed E-state index contributed by atoms with van der Waals surface area (Å²) in [7, 11) is 0. The van der Waals surface area contributed by atoms with Gasteiger partial charge in [0.1, 0.15) is 11.4 Å². The Hall–Kier alpha value is -3.63. The molecule has 3 unspecified atom stereocenters. The Balaban J connectivity index is 1.29. The number of hydrogen-bond acceptors (Lipinski definition) is 7. The van der Waals surface area contributed by atoms with Crippen LogP contribution in [0.1, 0.15) is 72.4 Å². The highest BCUT2D eigenvalue weighted by Gasteiger charge is 2.41. The van der Waals surface area contributed by atoms with Gasteiger partial charge in [-0.3, -0.25) is 14.5 Å². The van der Waals surface area contributed by atoms with Gasteiger partial charge in [0.05, 0.1) is 49.6 Å². The summed E-state index contributed by atoms with van der Waals surface area (Å²) in [5.74, 6) is -0.227. The van der Waals surface area contributed by atoms with E-state index in [9.17, 15) is 19.5 Å². The first-order valence-corrected chi connectivity index (χ1v) is 14.8. The van der Waals surface area contributed by atoms with E-state index in [1.165, 1.54) is 4.90 Å². The molecule has 2 aromatic rings. The molecule has 3 aliphatic heterocycles. The van der Waals surface area contributed by atoms with E-state index in [-0.39, 0.29) is 30.1 Å². The highest BCUT2D eigenvalue weighted by molar-refractivity contribution is 6.00. The van der Waals surface area contributed by atoms with Crippen LogP contribution in [0.2, 0.25) is 0 Å². The lowest BCUT2D eigenvalue weighted by molar-refractivity contribution is -0.0113. The smallest absolute Gasteiger partial charge is 0.410 e. The molecule has 2 N–H and O–H groups in total. The third-order valence-corrected chi connectivity index (χ3v) is 8.08. The molecule has 2 saturated heterocycles. The van der Waals surface area contributed by atoms with Gasteiger partial charge in [0, 0.05) is 18.7 Å². The van der Waals surface area contributed by atoms with Gasteiger partial charge < -0.3 is 29.5 Å². The van der Waals surface area contributed by atoms with Crippen molar-refractivity contribution in [1.82, 2.24) is 15.1 Å². The standard InChI is InChI=1S/C32H41N3O7/c1-5-41-28-15-21(30(38)35-23-11-12-24(35)19-40-18-23)10-13-25(28)29(37)33-16-27(36)26-14-20-8-6-7-9-22(20)17-34(26)31(39)42-32(2,3)4/h6-10,13,15,23-24,26-27,36H,5,11-12,14,16-19H2,1-4H3,(H,33,37)/t23?,24?,26-,27?/m1/s1. The molecule has 2 bridgehead atoms. The zero-order chi connectivity index (χ0) is 30.0. The van der Waals surface area contributed by atoms with E-state index >= 15 is 0 Å². The van der Waals surface area contributed by atoms with Crippen molar-refractivity contribution in [2.24, 2.45) is 0 Å². The average Bonchev–Trinajstić information content (AvgIpc) is 3.21. The van der Waals surface area contributed by atoms with Gasteiger partial charge in [0.25, 0.3) is 11.8 Å². The third-order valence-electron chi connectivity index (χ3n) is 8.08. The van der Waals surface area contributed by atoms with E-state index in [2.05, 4.69) is 5.32 Å². The normalized spacial score (nSPS) is 22.3. The van der Waals surface area contributed by atoms with Crippen molar-refractivity contribution in [3.8, 4) is 5.75 Å². The van der Waals surface area contributed by atoms with Crippen LogP contribution in [0, 0.1) is 0 Å². The number of carbonyl (C=O) groups excluding carboxylic acids is 3. The fourth-order valence-electron chi connectivity index (χ4n) is 6.07. The van der Waals surface area contributed by atoms with Gasteiger partial charge in [0.2, 0.25) is 0 Å². The van der Waals surface area contributed by atoms with E-state index in [0.29, 0.717) is 44.1 Å². The van der Waals surface area contributed by atoms with Crippen molar-refractivity contribution in [3.63, 3.8) is 0 Å². The first-order chi connectivity index (χ1) is 20.1. The van der Waals surface area contributed by atoms with Gasteiger partial charge in [-0.15, -0.1) is 0 Å². The molecule has 42 heavy (non-hydrogen) atoms. The van der Waals surface area contributed by atoms with E-state index < -0.39 is 29.7 Å².